The molecule has 0 radical (unpaired) electrons. The molecule has 0 aliphatic heterocycles. The summed E-state index contributed by atoms with van der Waals surface area (Å²) >= 11 is 0. The number of carbonyl (C=O) groups is 3. The fourth-order valence-corrected chi connectivity index (χ4v) is 1.09. The quantitative estimate of drug-likeness (QED) is 0.668. The maximum Gasteiger partial charge on any atom is 0.242 e. The second-order valence-electron chi connectivity index (χ2n) is 3.33. The molecule has 0 aromatic carbocycles. The maximum absolute atomic E-state index is 11.3. The van der Waals surface area contributed by atoms with Crippen molar-refractivity contribution in [1.29, 1.82) is 0 Å². The predicted molar refractivity (Wildman–Crippen MR) is 58.3 cm³/mol. The summed E-state index contributed by atoms with van der Waals surface area (Å²) in [6.07, 6.45) is 0.969. The van der Waals surface area contributed by atoms with Crippen molar-refractivity contribution in [1.82, 2.24) is 10.6 Å². The van der Waals surface area contributed by atoms with Crippen LogP contribution in [0.3, 0.4) is 0 Å². The average Bonchev–Trinajstić information content (AvgIpc) is 2.22. The third kappa shape index (κ3) is 5.83. The van der Waals surface area contributed by atoms with Crippen LogP contribution in [0, 0.1) is 0 Å². The molecule has 0 aromatic heterocycles. The Labute approximate surface area is 91.1 Å². The van der Waals surface area contributed by atoms with Gasteiger partial charge in [0.05, 0.1) is 0 Å². The highest BCUT2D eigenvalue weighted by atomic mass is 16.2. The molecule has 5 heteroatoms. The first-order chi connectivity index (χ1) is 7.01. The molecule has 88 valence electrons. The van der Waals surface area contributed by atoms with Crippen molar-refractivity contribution in [2.45, 2.75) is 39.2 Å². The number of carbonyl (C=O) groups excluding carboxylic acids is 3. The van der Waals surface area contributed by atoms with Crippen molar-refractivity contribution >= 4 is 17.6 Å². The number of likely N-dealkylation sites (N-methyl/N-ethyl adjacent to an activating group) is 1. The molecule has 0 rings (SSSR count). The summed E-state index contributed by atoms with van der Waals surface area (Å²) in [5, 5.41) is 5.02. The number of hydrogen-bond donors (Lipinski definition) is 2. The fourth-order valence-electron chi connectivity index (χ4n) is 1.09. The molecule has 0 unspecified atom stereocenters. The Hall–Kier alpha value is -1.39. The van der Waals surface area contributed by atoms with Gasteiger partial charge >= 0.3 is 0 Å². The van der Waals surface area contributed by atoms with E-state index in [9.17, 15) is 14.4 Å². The molecule has 0 fully saturated rings. The number of hydrogen-bond acceptors (Lipinski definition) is 3. The molecule has 0 aromatic rings. The van der Waals surface area contributed by atoms with Crippen LogP contribution in [0.4, 0.5) is 0 Å². The SMILES string of the molecule is CCC(=O)N[C@@H](CCC(C)=O)C(=O)NC.[HH]. The van der Waals surface area contributed by atoms with E-state index < -0.39 is 6.04 Å². The lowest BCUT2D eigenvalue weighted by Crippen LogP contribution is -2.45. The van der Waals surface area contributed by atoms with Gasteiger partial charge in [-0.2, -0.15) is 0 Å². The summed E-state index contributed by atoms with van der Waals surface area (Å²) in [7, 11) is 1.50. The van der Waals surface area contributed by atoms with Gasteiger partial charge in [-0.25, -0.2) is 0 Å². The number of Topliss-reactive ketones (excluding diaryl/α,β-unsaturated/α-hetero) is 1. The van der Waals surface area contributed by atoms with Crippen molar-refractivity contribution in [3.8, 4) is 0 Å². The van der Waals surface area contributed by atoms with Crippen molar-refractivity contribution in [2.75, 3.05) is 7.05 Å². The molecule has 1 atom stereocenters. The van der Waals surface area contributed by atoms with Crippen molar-refractivity contribution in [2.24, 2.45) is 0 Å². The van der Waals surface area contributed by atoms with E-state index >= 15 is 0 Å². The predicted octanol–water partition coefficient (Wildman–Crippen LogP) is 0.242. The van der Waals surface area contributed by atoms with Gasteiger partial charge in [0.2, 0.25) is 11.8 Å². The van der Waals surface area contributed by atoms with Gasteiger partial charge in [-0.1, -0.05) is 6.92 Å². The van der Waals surface area contributed by atoms with E-state index in [2.05, 4.69) is 10.6 Å². The molecule has 2 N–H and O–H groups in total. The van der Waals surface area contributed by atoms with Crippen LogP contribution in [-0.4, -0.2) is 30.7 Å². The van der Waals surface area contributed by atoms with E-state index in [0.717, 1.165) is 0 Å². The van der Waals surface area contributed by atoms with Crippen LogP contribution >= 0.6 is 0 Å². The zero-order valence-electron chi connectivity index (χ0n) is 9.42. The molecule has 2 amide bonds. The summed E-state index contributed by atoms with van der Waals surface area (Å²) in [5.41, 5.74) is 0. The molecular weight excluding hydrogens is 196 g/mol. The zero-order valence-corrected chi connectivity index (χ0v) is 9.42. The zero-order chi connectivity index (χ0) is 11.8. The minimum absolute atomic E-state index is 0. The summed E-state index contributed by atoms with van der Waals surface area (Å²) < 4.78 is 0. The van der Waals surface area contributed by atoms with E-state index in [1.165, 1.54) is 14.0 Å². The standard InChI is InChI=1S/C10H18N2O3.H2/c1-4-9(14)12-8(10(15)11-3)6-5-7(2)13;/h8H,4-6H2,1-3H3,(H,11,15)(H,12,14);1H/t8-;/m0./s1. The van der Waals surface area contributed by atoms with Gasteiger partial charge in [0.25, 0.3) is 0 Å². The highest BCUT2D eigenvalue weighted by Gasteiger charge is 2.18. The number of ketones is 1. The average molecular weight is 216 g/mol. The summed E-state index contributed by atoms with van der Waals surface area (Å²) in [5.74, 6) is -0.445. The monoisotopic (exact) mass is 216 g/mol. The first-order valence-electron chi connectivity index (χ1n) is 5.01. The molecule has 15 heavy (non-hydrogen) atoms. The third-order valence-electron chi connectivity index (χ3n) is 2.00. The summed E-state index contributed by atoms with van der Waals surface area (Å²) in [4.78, 5) is 33.2. The van der Waals surface area contributed by atoms with E-state index in [4.69, 9.17) is 0 Å². The highest BCUT2D eigenvalue weighted by Crippen LogP contribution is 1.99. The van der Waals surface area contributed by atoms with Gasteiger partial charge in [-0.3, -0.25) is 9.59 Å². The minimum atomic E-state index is -0.605. The number of amides is 2. The third-order valence-corrected chi connectivity index (χ3v) is 2.00. The number of nitrogens with one attached hydrogen (secondary N) is 2. The Balaban J connectivity index is 0. The van der Waals surface area contributed by atoms with Crippen LogP contribution in [0.2, 0.25) is 0 Å². The maximum atomic E-state index is 11.3. The Morgan fingerprint density at radius 1 is 1.33 bits per heavy atom. The van der Waals surface area contributed by atoms with Crippen LogP contribution in [0.25, 0.3) is 0 Å². The molecule has 0 saturated carbocycles. The smallest absolute Gasteiger partial charge is 0.242 e. The topological polar surface area (TPSA) is 75.3 Å². The Morgan fingerprint density at radius 3 is 2.33 bits per heavy atom. The largest absolute Gasteiger partial charge is 0.357 e. The first kappa shape index (κ1) is 13.6. The molecular formula is C10H20N2O3. The van der Waals surface area contributed by atoms with Gasteiger partial charge in [0.1, 0.15) is 11.8 Å². The Morgan fingerprint density at radius 2 is 1.93 bits per heavy atom. The molecule has 0 aliphatic carbocycles. The second-order valence-corrected chi connectivity index (χ2v) is 3.33. The van der Waals surface area contributed by atoms with E-state index in [1.54, 1.807) is 6.92 Å². The van der Waals surface area contributed by atoms with Crippen LogP contribution < -0.4 is 10.6 Å². The number of rotatable bonds is 6. The van der Waals surface area contributed by atoms with Gasteiger partial charge in [-0.15, -0.1) is 0 Å². The fraction of sp³-hybridized carbons (Fsp3) is 0.700. The van der Waals surface area contributed by atoms with Crippen molar-refractivity contribution < 1.29 is 15.8 Å². The highest BCUT2D eigenvalue weighted by molar-refractivity contribution is 5.88. The molecule has 0 aliphatic rings. The summed E-state index contributed by atoms with van der Waals surface area (Å²) in [6.45, 7) is 3.17. The molecule has 0 heterocycles. The molecule has 0 bridgehead atoms. The second kappa shape index (κ2) is 6.98. The van der Waals surface area contributed by atoms with Gasteiger partial charge in [0, 0.05) is 21.3 Å². The summed E-state index contributed by atoms with van der Waals surface area (Å²) in [6, 6.07) is -0.605. The lowest BCUT2D eigenvalue weighted by atomic mass is 10.1. The van der Waals surface area contributed by atoms with Gasteiger partial charge in [-0.05, 0) is 13.3 Å². The van der Waals surface area contributed by atoms with Crippen LogP contribution in [0.1, 0.15) is 34.5 Å². The minimum Gasteiger partial charge on any atom is -0.357 e. The molecule has 5 nitrogen and oxygen atoms in total. The van der Waals surface area contributed by atoms with E-state index in [1.807, 2.05) is 0 Å². The van der Waals surface area contributed by atoms with Gasteiger partial charge in [0.15, 0.2) is 0 Å². The lowest BCUT2D eigenvalue weighted by Gasteiger charge is -2.15. The van der Waals surface area contributed by atoms with Crippen LogP contribution in [0.15, 0.2) is 0 Å². The van der Waals surface area contributed by atoms with Crippen molar-refractivity contribution in [3.63, 3.8) is 0 Å². The lowest BCUT2D eigenvalue weighted by molar-refractivity contribution is -0.129. The molecule has 0 saturated heterocycles. The van der Waals surface area contributed by atoms with E-state index in [0.29, 0.717) is 19.3 Å². The first-order valence-corrected chi connectivity index (χ1v) is 5.01. The van der Waals surface area contributed by atoms with Gasteiger partial charge < -0.3 is 15.4 Å². The van der Waals surface area contributed by atoms with Crippen molar-refractivity contribution in [3.05, 3.63) is 0 Å². The van der Waals surface area contributed by atoms with Crippen LogP contribution in [-0.2, 0) is 14.4 Å². The van der Waals surface area contributed by atoms with Crippen LogP contribution in [0.5, 0.6) is 0 Å². The van der Waals surface area contributed by atoms with E-state index in [-0.39, 0.29) is 19.0 Å². The Bertz CT molecular complexity index is 256. The molecule has 0 spiro atoms. The Kier molecular flexibility index (Phi) is 6.33. The normalized spacial score (nSPS) is 11.7.